The van der Waals surface area contributed by atoms with Gasteiger partial charge in [0.1, 0.15) is 5.82 Å². The van der Waals surface area contributed by atoms with E-state index in [0.29, 0.717) is 6.04 Å². The number of benzene rings is 1. The summed E-state index contributed by atoms with van der Waals surface area (Å²) in [6.45, 7) is 10.8. The van der Waals surface area contributed by atoms with Crippen LogP contribution in [0.4, 0.5) is 0 Å². The van der Waals surface area contributed by atoms with Crippen molar-refractivity contribution in [2.45, 2.75) is 46.7 Å². The Morgan fingerprint density at radius 3 is 2.33 bits per heavy atom. The van der Waals surface area contributed by atoms with Gasteiger partial charge in [-0.1, -0.05) is 32.9 Å². The van der Waals surface area contributed by atoms with Gasteiger partial charge in [-0.15, -0.1) is 0 Å². The number of nitrogens with two attached hydrogens (primary N) is 1. The average molecular weight is 245 g/mol. The zero-order valence-electron chi connectivity index (χ0n) is 11.9. The number of nitrogens with zero attached hydrogens (tertiary/aromatic N) is 2. The molecule has 0 spiro atoms. The number of aromatic nitrogens is 2. The molecule has 0 saturated heterocycles. The second kappa shape index (κ2) is 4.39. The molecule has 0 saturated carbocycles. The summed E-state index contributed by atoms with van der Waals surface area (Å²) in [4.78, 5) is 4.74. The van der Waals surface area contributed by atoms with Crippen LogP contribution in [0.2, 0.25) is 0 Å². The van der Waals surface area contributed by atoms with Crippen molar-refractivity contribution in [3.8, 4) is 0 Å². The zero-order valence-corrected chi connectivity index (χ0v) is 11.9. The second-order valence-electron chi connectivity index (χ2n) is 6.27. The first kappa shape index (κ1) is 13.1. The second-order valence-corrected chi connectivity index (χ2v) is 6.27. The van der Waals surface area contributed by atoms with E-state index < -0.39 is 0 Å². The van der Waals surface area contributed by atoms with Gasteiger partial charge in [0.2, 0.25) is 0 Å². The fraction of sp³-hybridized carbons (Fsp3) is 0.533. The van der Waals surface area contributed by atoms with Crippen molar-refractivity contribution in [3.05, 3.63) is 30.1 Å². The lowest BCUT2D eigenvalue weighted by Crippen LogP contribution is -2.29. The van der Waals surface area contributed by atoms with Crippen LogP contribution in [-0.4, -0.2) is 9.55 Å². The molecule has 0 amide bonds. The van der Waals surface area contributed by atoms with Crippen LogP contribution < -0.4 is 5.73 Å². The molecule has 2 aromatic rings. The largest absolute Gasteiger partial charge is 0.324 e. The zero-order chi connectivity index (χ0) is 13.5. The van der Waals surface area contributed by atoms with Crippen LogP contribution in [0.1, 0.15) is 52.5 Å². The monoisotopic (exact) mass is 245 g/mol. The molecular formula is C15H23N3. The molecule has 98 valence electrons. The van der Waals surface area contributed by atoms with Gasteiger partial charge in [-0.3, -0.25) is 0 Å². The lowest BCUT2D eigenvalue weighted by Gasteiger charge is -2.28. The minimum atomic E-state index is -0.0627. The number of hydrogen-bond donors (Lipinski definition) is 1. The first-order valence-corrected chi connectivity index (χ1v) is 6.55. The van der Waals surface area contributed by atoms with Crippen molar-refractivity contribution in [1.29, 1.82) is 0 Å². The topological polar surface area (TPSA) is 43.8 Å². The molecule has 3 nitrogen and oxygen atoms in total. The predicted octanol–water partition coefficient (Wildman–Crippen LogP) is 3.66. The standard InChI is InChI=1S/C15H23N3/c1-10(2)18-12-9-7-6-8-11(12)17-14(18)13(16)15(3,4)5/h6-10,13H,16H2,1-5H3. The van der Waals surface area contributed by atoms with Crippen LogP contribution in [0.3, 0.4) is 0 Å². The summed E-state index contributed by atoms with van der Waals surface area (Å²) in [5, 5.41) is 0. The van der Waals surface area contributed by atoms with E-state index >= 15 is 0 Å². The minimum absolute atomic E-state index is 0.00795. The van der Waals surface area contributed by atoms with Crippen molar-refractivity contribution in [1.82, 2.24) is 9.55 Å². The molecule has 1 aromatic heterocycles. The quantitative estimate of drug-likeness (QED) is 0.877. The van der Waals surface area contributed by atoms with Gasteiger partial charge in [-0.05, 0) is 31.4 Å². The van der Waals surface area contributed by atoms with E-state index in [0.717, 1.165) is 11.3 Å². The molecule has 1 aromatic carbocycles. The Kier molecular flexibility index (Phi) is 3.20. The number of para-hydroxylation sites is 2. The van der Waals surface area contributed by atoms with Gasteiger partial charge >= 0.3 is 0 Å². The molecule has 1 unspecified atom stereocenters. The predicted molar refractivity (Wildman–Crippen MR) is 76.5 cm³/mol. The normalized spacial score (nSPS) is 14.4. The van der Waals surface area contributed by atoms with Crippen LogP contribution in [-0.2, 0) is 0 Å². The summed E-state index contributed by atoms with van der Waals surface area (Å²) < 4.78 is 2.26. The Morgan fingerprint density at radius 2 is 1.78 bits per heavy atom. The maximum Gasteiger partial charge on any atom is 0.127 e. The SMILES string of the molecule is CC(C)n1c(C(N)C(C)(C)C)nc2ccccc21. The fourth-order valence-electron chi connectivity index (χ4n) is 2.21. The number of rotatable bonds is 2. The molecular weight excluding hydrogens is 222 g/mol. The molecule has 0 aliphatic rings. The lowest BCUT2D eigenvalue weighted by molar-refractivity contribution is 0.305. The molecule has 0 aliphatic heterocycles. The Balaban J connectivity index is 2.67. The van der Waals surface area contributed by atoms with E-state index in [9.17, 15) is 0 Å². The number of fused-ring (bicyclic) bond motifs is 1. The molecule has 0 aliphatic carbocycles. The van der Waals surface area contributed by atoms with E-state index in [-0.39, 0.29) is 11.5 Å². The third-order valence-corrected chi connectivity index (χ3v) is 3.35. The number of imidazole rings is 1. The van der Waals surface area contributed by atoms with Crippen molar-refractivity contribution in [3.63, 3.8) is 0 Å². The van der Waals surface area contributed by atoms with Crippen LogP contribution >= 0.6 is 0 Å². The van der Waals surface area contributed by atoms with Gasteiger partial charge in [0.15, 0.2) is 0 Å². The van der Waals surface area contributed by atoms with E-state index in [1.54, 1.807) is 0 Å². The third kappa shape index (κ3) is 2.15. The lowest BCUT2D eigenvalue weighted by atomic mass is 9.87. The van der Waals surface area contributed by atoms with Crippen molar-refractivity contribution in [2.75, 3.05) is 0 Å². The van der Waals surface area contributed by atoms with Crippen molar-refractivity contribution in [2.24, 2.45) is 11.1 Å². The van der Waals surface area contributed by atoms with Gasteiger partial charge in [0, 0.05) is 6.04 Å². The van der Waals surface area contributed by atoms with Gasteiger partial charge in [-0.2, -0.15) is 0 Å². The Labute approximate surface area is 109 Å². The van der Waals surface area contributed by atoms with Crippen LogP contribution in [0.15, 0.2) is 24.3 Å². The van der Waals surface area contributed by atoms with E-state index in [1.807, 2.05) is 12.1 Å². The molecule has 1 heterocycles. The summed E-state index contributed by atoms with van der Waals surface area (Å²) in [5.41, 5.74) is 8.60. The summed E-state index contributed by atoms with van der Waals surface area (Å²) in [6, 6.07) is 8.53. The highest BCUT2D eigenvalue weighted by molar-refractivity contribution is 5.76. The molecule has 0 radical (unpaired) electrons. The van der Waals surface area contributed by atoms with E-state index in [4.69, 9.17) is 10.7 Å². The molecule has 0 fully saturated rings. The molecule has 18 heavy (non-hydrogen) atoms. The van der Waals surface area contributed by atoms with Crippen molar-refractivity contribution < 1.29 is 0 Å². The first-order valence-electron chi connectivity index (χ1n) is 6.55. The Hall–Kier alpha value is -1.35. The molecule has 0 bridgehead atoms. The smallest absolute Gasteiger partial charge is 0.127 e. The molecule has 3 heteroatoms. The van der Waals surface area contributed by atoms with Gasteiger partial charge in [0.25, 0.3) is 0 Å². The summed E-state index contributed by atoms with van der Waals surface area (Å²) >= 11 is 0. The average Bonchev–Trinajstić information content (AvgIpc) is 2.65. The Bertz CT molecular complexity index is 546. The number of hydrogen-bond acceptors (Lipinski definition) is 2. The van der Waals surface area contributed by atoms with Gasteiger partial charge in [0.05, 0.1) is 17.1 Å². The maximum absolute atomic E-state index is 6.39. The molecule has 2 N–H and O–H groups in total. The summed E-state index contributed by atoms with van der Waals surface area (Å²) in [5.74, 6) is 0.985. The highest BCUT2D eigenvalue weighted by Gasteiger charge is 2.28. The fourth-order valence-corrected chi connectivity index (χ4v) is 2.21. The highest BCUT2D eigenvalue weighted by Crippen LogP contribution is 2.33. The van der Waals surface area contributed by atoms with Crippen molar-refractivity contribution >= 4 is 11.0 Å². The first-order chi connectivity index (χ1) is 8.32. The Morgan fingerprint density at radius 1 is 1.17 bits per heavy atom. The summed E-state index contributed by atoms with van der Waals surface area (Å²) in [6.07, 6.45) is 0. The van der Waals surface area contributed by atoms with Crippen LogP contribution in [0.5, 0.6) is 0 Å². The minimum Gasteiger partial charge on any atom is -0.324 e. The van der Waals surface area contributed by atoms with E-state index in [1.165, 1.54) is 5.52 Å². The highest BCUT2D eigenvalue weighted by atomic mass is 15.1. The third-order valence-electron chi connectivity index (χ3n) is 3.35. The summed E-state index contributed by atoms with van der Waals surface area (Å²) in [7, 11) is 0. The molecule has 2 rings (SSSR count). The van der Waals surface area contributed by atoms with Crippen LogP contribution in [0.25, 0.3) is 11.0 Å². The van der Waals surface area contributed by atoms with Gasteiger partial charge < -0.3 is 10.3 Å². The van der Waals surface area contributed by atoms with Gasteiger partial charge in [-0.25, -0.2) is 4.98 Å². The van der Waals surface area contributed by atoms with Crippen LogP contribution in [0, 0.1) is 5.41 Å². The maximum atomic E-state index is 6.39. The van der Waals surface area contributed by atoms with E-state index in [2.05, 4.69) is 51.3 Å². The molecule has 1 atom stereocenters.